The van der Waals surface area contributed by atoms with Crippen LogP contribution in [0.3, 0.4) is 0 Å². The van der Waals surface area contributed by atoms with Crippen LogP contribution < -0.4 is 0 Å². The molecule has 0 spiro atoms. The number of hydrogen-bond donors (Lipinski definition) is 0. The van der Waals surface area contributed by atoms with Crippen LogP contribution in [0.25, 0.3) is 0 Å². The number of methoxy groups -OCH3 is 1. The highest BCUT2D eigenvalue weighted by Crippen LogP contribution is 2.30. The van der Waals surface area contributed by atoms with Crippen molar-refractivity contribution >= 4 is 11.9 Å². The maximum atomic E-state index is 11.3. The standard InChI is InChI=1S/C13H14N2O3/c1-13(2)10(8-11(16)17-3)18-12(15-13)9-6-4-5-7-14-9/h4-8H,1-3H3/b10-8+. The first-order valence-corrected chi connectivity index (χ1v) is 5.52. The average Bonchev–Trinajstić information content (AvgIpc) is 2.66. The normalized spacial score (nSPS) is 19.3. The fourth-order valence-electron chi connectivity index (χ4n) is 1.53. The Bertz CT molecular complexity index is 518. The number of aromatic nitrogens is 1. The molecule has 0 aromatic carbocycles. The Balaban J connectivity index is 2.30. The molecule has 0 amide bonds. The van der Waals surface area contributed by atoms with Gasteiger partial charge in [-0.3, -0.25) is 4.98 Å². The largest absolute Gasteiger partial charge is 0.466 e. The van der Waals surface area contributed by atoms with Crippen molar-refractivity contribution in [2.75, 3.05) is 7.11 Å². The van der Waals surface area contributed by atoms with E-state index in [-0.39, 0.29) is 0 Å². The van der Waals surface area contributed by atoms with Gasteiger partial charge in [-0.15, -0.1) is 0 Å². The van der Waals surface area contributed by atoms with Gasteiger partial charge in [0.05, 0.1) is 13.2 Å². The number of ether oxygens (including phenoxy) is 2. The minimum Gasteiger partial charge on any atom is -0.466 e. The molecular weight excluding hydrogens is 232 g/mol. The number of rotatable bonds is 2. The van der Waals surface area contributed by atoms with Crippen molar-refractivity contribution in [3.63, 3.8) is 0 Å². The van der Waals surface area contributed by atoms with Crippen molar-refractivity contribution < 1.29 is 14.3 Å². The highest BCUT2D eigenvalue weighted by molar-refractivity contribution is 5.96. The molecule has 1 aromatic heterocycles. The Labute approximate surface area is 105 Å². The first-order chi connectivity index (χ1) is 8.53. The van der Waals surface area contributed by atoms with E-state index in [9.17, 15) is 4.79 Å². The molecule has 0 saturated carbocycles. The van der Waals surface area contributed by atoms with Gasteiger partial charge in [0.25, 0.3) is 0 Å². The molecule has 5 heteroatoms. The Morgan fingerprint density at radius 3 is 2.83 bits per heavy atom. The molecule has 94 valence electrons. The molecule has 0 fully saturated rings. The molecule has 0 atom stereocenters. The van der Waals surface area contributed by atoms with E-state index in [1.54, 1.807) is 12.3 Å². The molecule has 18 heavy (non-hydrogen) atoms. The van der Waals surface area contributed by atoms with Gasteiger partial charge in [0.2, 0.25) is 5.90 Å². The molecule has 5 nitrogen and oxygen atoms in total. The van der Waals surface area contributed by atoms with Crippen LogP contribution in [0.5, 0.6) is 0 Å². The second-order valence-corrected chi connectivity index (χ2v) is 4.32. The maximum absolute atomic E-state index is 11.3. The summed E-state index contributed by atoms with van der Waals surface area (Å²) in [6, 6.07) is 5.47. The zero-order valence-corrected chi connectivity index (χ0v) is 10.5. The van der Waals surface area contributed by atoms with Gasteiger partial charge in [0.15, 0.2) is 0 Å². The summed E-state index contributed by atoms with van der Waals surface area (Å²) in [6.07, 6.45) is 2.97. The third kappa shape index (κ3) is 2.40. The summed E-state index contributed by atoms with van der Waals surface area (Å²) in [5.74, 6) is 0.404. The second-order valence-electron chi connectivity index (χ2n) is 4.32. The van der Waals surface area contributed by atoms with E-state index in [1.165, 1.54) is 13.2 Å². The predicted octanol–water partition coefficient (Wildman–Crippen LogP) is 1.69. The van der Waals surface area contributed by atoms with Gasteiger partial charge in [-0.1, -0.05) is 6.07 Å². The van der Waals surface area contributed by atoms with Crippen LogP contribution >= 0.6 is 0 Å². The Kier molecular flexibility index (Phi) is 3.14. The molecule has 1 aliphatic heterocycles. The van der Waals surface area contributed by atoms with Crippen molar-refractivity contribution in [2.45, 2.75) is 19.4 Å². The SMILES string of the molecule is COC(=O)/C=C1/OC(c2ccccn2)=NC1(C)C. The first kappa shape index (κ1) is 12.3. The van der Waals surface area contributed by atoms with Crippen molar-refractivity contribution in [3.05, 3.63) is 41.9 Å². The average molecular weight is 246 g/mol. The van der Waals surface area contributed by atoms with Crippen molar-refractivity contribution in [3.8, 4) is 0 Å². The van der Waals surface area contributed by atoms with Crippen LogP contribution in [-0.4, -0.2) is 29.5 Å². The molecule has 0 unspecified atom stereocenters. The van der Waals surface area contributed by atoms with Gasteiger partial charge in [0, 0.05) is 6.20 Å². The number of esters is 1. The van der Waals surface area contributed by atoms with Crippen LogP contribution in [-0.2, 0) is 14.3 Å². The second kappa shape index (κ2) is 4.60. The Morgan fingerprint density at radius 1 is 1.44 bits per heavy atom. The summed E-state index contributed by atoms with van der Waals surface area (Å²) in [7, 11) is 1.32. The Hall–Kier alpha value is -2.17. The van der Waals surface area contributed by atoms with E-state index in [4.69, 9.17) is 4.74 Å². The smallest absolute Gasteiger partial charge is 0.333 e. The molecular formula is C13H14N2O3. The van der Waals surface area contributed by atoms with Gasteiger partial charge < -0.3 is 9.47 Å². The predicted molar refractivity (Wildman–Crippen MR) is 66.0 cm³/mol. The van der Waals surface area contributed by atoms with E-state index in [1.807, 2.05) is 26.0 Å². The van der Waals surface area contributed by atoms with E-state index in [0.29, 0.717) is 17.4 Å². The van der Waals surface area contributed by atoms with E-state index < -0.39 is 11.5 Å². The van der Waals surface area contributed by atoms with E-state index in [0.717, 1.165) is 0 Å². The fraction of sp³-hybridized carbons (Fsp3) is 0.308. The summed E-state index contributed by atoms with van der Waals surface area (Å²) >= 11 is 0. The minimum atomic E-state index is -0.596. The molecule has 0 bridgehead atoms. The maximum Gasteiger partial charge on any atom is 0.333 e. The van der Waals surface area contributed by atoms with Crippen LogP contribution in [0.2, 0.25) is 0 Å². The minimum absolute atomic E-state index is 0.413. The van der Waals surface area contributed by atoms with Crippen LogP contribution in [0.1, 0.15) is 19.5 Å². The molecule has 0 saturated heterocycles. The van der Waals surface area contributed by atoms with Crippen molar-refractivity contribution in [1.82, 2.24) is 4.98 Å². The number of hydrogen-bond acceptors (Lipinski definition) is 5. The quantitative estimate of drug-likeness (QED) is 0.588. The number of nitrogens with zero attached hydrogens (tertiary/aromatic N) is 2. The summed E-state index contributed by atoms with van der Waals surface area (Å²) in [6.45, 7) is 3.72. The lowest BCUT2D eigenvalue weighted by atomic mass is 10.0. The zero-order chi connectivity index (χ0) is 13.2. The van der Waals surface area contributed by atoms with Gasteiger partial charge >= 0.3 is 5.97 Å². The van der Waals surface area contributed by atoms with E-state index >= 15 is 0 Å². The Morgan fingerprint density at radius 2 is 2.22 bits per heavy atom. The topological polar surface area (TPSA) is 60.8 Å². The third-order valence-electron chi connectivity index (χ3n) is 2.52. The number of aliphatic imine (C=N–C) groups is 1. The van der Waals surface area contributed by atoms with Gasteiger partial charge in [0.1, 0.15) is 17.0 Å². The summed E-state index contributed by atoms with van der Waals surface area (Å²) in [5, 5.41) is 0. The van der Waals surface area contributed by atoms with Crippen molar-refractivity contribution in [1.29, 1.82) is 0 Å². The van der Waals surface area contributed by atoms with Crippen LogP contribution in [0.4, 0.5) is 0 Å². The summed E-state index contributed by atoms with van der Waals surface area (Å²) in [5.41, 5.74) is 0.0416. The molecule has 0 aliphatic carbocycles. The van der Waals surface area contributed by atoms with Gasteiger partial charge in [-0.25, -0.2) is 9.79 Å². The number of carbonyl (C=O) groups is 1. The molecule has 0 radical (unpaired) electrons. The van der Waals surface area contributed by atoms with Gasteiger partial charge in [-0.2, -0.15) is 0 Å². The fourth-order valence-corrected chi connectivity index (χ4v) is 1.53. The van der Waals surface area contributed by atoms with Gasteiger partial charge in [-0.05, 0) is 26.0 Å². The lowest BCUT2D eigenvalue weighted by Gasteiger charge is -2.13. The molecule has 1 aromatic rings. The highest BCUT2D eigenvalue weighted by Gasteiger charge is 2.34. The van der Waals surface area contributed by atoms with Crippen LogP contribution in [0, 0.1) is 0 Å². The number of pyridine rings is 1. The van der Waals surface area contributed by atoms with E-state index in [2.05, 4.69) is 14.7 Å². The zero-order valence-electron chi connectivity index (χ0n) is 10.5. The molecule has 2 heterocycles. The summed E-state index contributed by atoms with van der Waals surface area (Å²) in [4.78, 5) is 19.8. The first-order valence-electron chi connectivity index (χ1n) is 5.52. The van der Waals surface area contributed by atoms with Crippen LogP contribution in [0.15, 0.2) is 41.2 Å². The summed E-state index contributed by atoms with van der Waals surface area (Å²) < 4.78 is 10.2. The lowest BCUT2D eigenvalue weighted by molar-refractivity contribution is -0.135. The molecule has 2 rings (SSSR count). The van der Waals surface area contributed by atoms with Crippen molar-refractivity contribution in [2.24, 2.45) is 4.99 Å². The molecule has 0 N–H and O–H groups in total. The lowest BCUT2D eigenvalue weighted by Crippen LogP contribution is -2.17. The highest BCUT2D eigenvalue weighted by atomic mass is 16.5. The third-order valence-corrected chi connectivity index (χ3v) is 2.52. The monoisotopic (exact) mass is 246 g/mol. The number of carbonyl (C=O) groups excluding carboxylic acids is 1. The molecule has 1 aliphatic rings.